The molecule has 10 heteroatoms. The zero-order valence-corrected chi connectivity index (χ0v) is 12.7. The van der Waals surface area contributed by atoms with Crippen LogP contribution in [0.4, 0.5) is 27.4 Å². The van der Waals surface area contributed by atoms with Gasteiger partial charge in [-0.25, -0.2) is 20.2 Å². The summed E-state index contributed by atoms with van der Waals surface area (Å²) in [5, 5.41) is 11.3. The van der Waals surface area contributed by atoms with Crippen LogP contribution >= 0.6 is 0 Å². The predicted molar refractivity (Wildman–Crippen MR) is 87.3 cm³/mol. The monoisotopic (exact) mass is 333 g/mol. The van der Waals surface area contributed by atoms with E-state index in [1.165, 1.54) is 18.5 Å². The lowest BCUT2D eigenvalue weighted by atomic mass is 10.2. The number of nitrogens with zero attached hydrogens (tertiary/aromatic N) is 5. The molecule has 0 bridgehead atoms. The minimum Gasteiger partial charge on any atom is -0.368 e. The van der Waals surface area contributed by atoms with Crippen LogP contribution in [0.25, 0.3) is 0 Å². The first-order valence-electron chi connectivity index (χ1n) is 7.31. The van der Waals surface area contributed by atoms with E-state index in [0.717, 1.165) is 5.69 Å². The van der Waals surface area contributed by atoms with Crippen molar-refractivity contribution < 1.29 is 9.31 Å². The van der Waals surface area contributed by atoms with Gasteiger partial charge in [0.05, 0.1) is 4.92 Å². The Morgan fingerprint density at radius 2 is 1.75 bits per heavy atom. The van der Waals surface area contributed by atoms with Crippen LogP contribution in [0.1, 0.15) is 0 Å². The Labute approximate surface area is 137 Å². The van der Waals surface area contributed by atoms with Crippen LogP contribution in [0.3, 0.4) is 0 Å². The average Bonchev–Trinajstić information content (AvgIpc) is 2.61. The zero-order valence-electron chi connectivity index (χ0n) is 12.7. The Morgan fingerprint density at radius 1 is 1.12 bits per heavy atom. The highest BCUT2D eigenvalue weighted by Crippen LogP contribution is 2.32. The first-order valence-corrected chi connectivity index (χ1v) is 7.31. The van der Waals surface area contributed by atoms with E-state index in [4.69, 9.17) is 5.84 Å². The average molecular weight is 333 g/mol. The number of piperazine rings is 1. The normalized spacial score (nSPS) is 14.6. The lowest BCUT2D eigenvalue weighted by Crippen LogP contribution is -2.47. The SMILES string of the molecule is NNc1ncnc(N2CCN(c3ccc(F)cc3)CC2)c1[N+](=O)[O-]. The van der Waals surface area contributed by atoms with E-state index in [9.17, 15) is 14.5 Å². The van der Waals surface area contributed by atoms with Gasteiger partial charge >= 0.3 is 5.69 Å². The van der Waals surface area contributed by atoms with Crippen molar-refractivity contribution in [2.75, 3.05) is 41.4 Å². The number of rotatable bonds is 4. The number of anilines is 3. The third-order valence-corrected chi connectivity index (χ3v) is 3.89. The van der Waals surface area contributed by atoms with Crippen molar-refractivity contribution in [3.8, 4) is 0 Å². The van der Waals surface area contributed by atoms with Crippen molar-refractivity contribution in [2.45, 2.75) is 0 Å². The second-order valence-corrected chi connectivity index (χ2v) is 5.25. The molecule has 0 atom stereocenters. The summed E-state index contributed by atoms with van der Waals surface area (Å²) in [4.78, 5) is 22.5. The Kier molecular flexibility index (Phi) is 4.38. The van der Waals surface area contributed by atoms with Gasteiger partial charge in [-0.3, -0.25) is 10.1 Å². The lowest BCUT2D eigenvalue weighted by Gasteiger charge is -2.36. The number of nitrogens with two attached hydrogens (primary N) is 1. The molecule has 1 aliphatic rings. The molecule has 0 saturated carbocycles. The third-order valence-electron chi connectivity index (χ3n) is 3.89. The zero-order chi connectivity index (χ0) is 17.1. The van der Waals surface area contributed by atoms with Crippen molar-refractivity contribution in [1.82, 2.24) is 9.97 Å². The maximum Gasteiger partial charge on any atom is 0.354 e. The van der Waals surface area contributed by atoms with Crippen molar-refractivity contribution in [3.05, 3.63) is 46.5 Å². The van der Waals surface area contributed by atoms with Gasteiger partial charge in [-0.15, -0.1) is 0 Å². The molecule has 3 rings (SSSR count). The van der Waals surface area contributed by atoms with E-state index in [0.29, 0.717) is 26.2 Å². The molecule has 0 unspecified atom stereocenters. The van der Waals surface area contributed by atoms with Gasteiger partial charge in [0, 0.05) is 31.9 Å². The topological polar surface area (TPSA) is 113 Å². The second kappa shape index (κ2) is 6.62. The van der Waals surface area contributed by atoms with Crippen LogP contribution in [0.2, 0.25) is 0 Å². The number of hydrogen-bond acceptors (Lipinski definition) is 8. The summed E-state index contributed by atoms with van der Waals surface area (Å²) in [7, 11) is 0. The van der Waals surface area contributed by atoms with Gasteiger partial charge in [0.25, 0.3) is 0 Å². The van der Waals surface area contributed by atoms with Crippen LogP contribution in [-0.4, -0.2) is 41.1 Å². The number of halogens is 1. The van der Waals surface area contributed by atoms with Crippen molar-refractivity contribution >= 4 is 23.0 Å². The summed E-state index contributed by atoms with van der Waals surface area (Å²) in [5.41, 5.74) is 2.90. The number of hydrazine groups is 1. The molecule has 0 amide bonds. The number of nitrogen functional groups attached to an aromatic ring is 1. The summed E-state index contributed by atoms with van der Waals surface area (Å²) in [6.07, 6.45) is 1.24. The van der Waals surface area contributed by atoms with E-state index < -0.39 is 4.92 Å². The number of nitrogens with one attached hydrogen (secondary N) is 1. The van der Waals surface area contributed by atoms with Gasteiger partial charge in [0.1, 0.15) is 12.1 Å². The smallest absolute Gasteiger partial charge is 0.354 e. The molecule has 1 aromatic carbocycles. The van der Waals surface area contributed by atoms with Crippen LogP contribution in [0.5, 0.6) is 0 Å². The fourth-order valence-corrected chi connectivity index (χ4v) is 2.70. The molecule has 2 heterocycles. The van der Waals surface area contributed by atoms with Crippen LogP contribution in [0, 0.1) is 15.9 Å². The number of aromatic nitrogens is 2. The number of benzene rings is 1. The molecule has 9 nitrogen and oxygen atoms in total. The summed E-state index contributed by atoms with van der Waals surface area (Å²) in [5.74, 6) is 5.23. The summed E-state index contributed by atoms with van der Waals surface area (Å²) in [6.45, 7) is 2.36. The Bertz CT molecular complexity index is 732. The summed E-state index contributed by atoms with van der Waals surface area (Å²) >= 11 is 0. The highest BCUT2D eigenvalue weighted by Gasteiger charge is 2.29. The standard InChI is InChI=1S/C14H16FN7O2/c15-10-1-3-11(4-2-10)20-5-7-21(8-6-20)14-12(22(23)24)13(19-16)17-9-18-14/h1-4,9H,5-8,16H2,(H,17,18,19). The Balaban J connectivity index is 1.77. The first kappa shape index (κ1) is 15.9. The quantitative estimate of drug-likeness (QED) is 0.486. The van der Waals surface area contributed by atoms with E-state index >= 15 is 0 Å². The molecule has 126 valence electrons. The molecular weight excluding hydrogens is 317 g/mol. The van der Waals surface area contributed by atoms with Gasteiger partial charge in [-0.2, -0.15) is 0 Å². The molecular formula is C14H16FN7O2. The maximum atomic E-state index is 13.0. The highest BCUT2D eigenvalue weighted by atomic mass is 19.1. The molecule has 0 spiro atoms. The van der Waals surface area contributed by atoms with Gasteiger partial charge < -0.3 is 15.2 Å². The molecule has 1 aliphatic heterocycles. The third kappa shape index (κ3) is 3.04. The van der Waals surface area contributed by atoms with Crippen LogP contribution < -0.4 is 21.1 Å². The van der Waals surface area contributed by atoms with Crippen molar-refractivity contribution in [1.29, 1.82) is 0 Å². The van der Waals surface area contributed by atoms with Crippen molar-refractivity contribution in [3.63, 3.8) is 0 Å². The molecule has 24 heavy (non-hydrogen) atoms. The Morgan fingerprint density at radius 3 is 2.33 bits per heavy atom. The van der Waals surface area contributed by atoms with E-state index in [-0.39, 0.29) is 23.1 Å². The molecule has 1 saturated heterocycles. The highest BCUT2D eigenvalue weighted by molar-refractivity contribution is 5.70. The molecule has 1 fully saturated rings. The van der Waals surface area contributed by atoms with Crippen LogP contribution in [0.15, 0.2) is 30.6 Å². The second-order valence-electron chi connectivity index (χ2n) is 5.25. The van der Waals surface area contributed by atoms with E-state index in [1.54, 1.807) is 12.1 Å². The number of hydrogen-bond donors (Lipinski definition) is 2. The molecule has 3 N–H and O–H groups in total. The van der Waals surface area contributed by atoms with Crippen molar-refractivity contribution in [2.24, 2.45) is 5.84 Å². The summed E-state index contributed by atoms with van der Waals surface area (Å²) < 4.78 is 13.0. The largest absolute Gasteiger partial charge is 0.368 e. The molecule has 0 aliphatic carbocycles. The van der Waals surface area contributed by atoms with Gasteiger partial charge in [0.2, 0.25) is 11.6 Å². The van der Waals surface area contributed by atoms with E-state index in [2.05, 4.69) is 20.3 Å². The van der Waals surface area contributed by atoms with Crippen LogP contribution in [-0.2, 0) is 0 Å². The lowest BCUT2D eigenvalue weighted by molar-refractivity contribution is -0.383. The van der Waals surface area contributed by atoms with Gasteiger partial charge in [-0.05, 0) is 24.3 Å². The summed E-state index contributed by atoms with van der Waals surface area (Å²) in [6, 6.07) is 6.26. The molecule has 1 aromatic heterocycles. The molecule has 2 aromatic rings. The van der Waals surface area contributed by atoms with Gasteiger partial charge in [-0.1, -0.05) is 0 Å². The fourth-order valence-electron chi connectivity index (χ4n) is 2.70. The Hall–Kier alpha value is -3.01. The van der Waals surface area contributed by atoms with E-state index in [1.807, 2.05) is 4.90 Å². The minimum atomic E-state index is -0.545. The minimum absolute atomic E-state index is 0.0223. The van der Waals surface area contributed by atoms with Gasteiger partial charge in [0.15, 0.2) is 0 Å². The predicted octanol–water partition coefficient (Wildman–Crippen LogP) is 1.14. The maximum absolute atomic E-state index is 13.0. The first-order chi connectivity index (χ1) is 11.6. The molecule has 0 radical (unpaired) electrons. The number of nitro groups is 1. The fraction of sp³-hybridized carbons (Fsp3) is 0.286.